The molecule has 0 saturated carbocycles. The molecule has 0 rings (SSSR count). The summed E-state index contributed by atoms with van der Waals surface area (Å²) in [5.41, 5.74) is 0. The summed E-state index contributed by atoms with van der Waals surface area (Å²) in [6.07, 6.45) is -1.30. The second kappa shape index (κ2) is 4.59. The van der Waals surface area contributed by atoms with E-state index < -0.39 is 23.8 Å². The van der Waals surface area contributed by atoms with Gasteiger partial charge in [0.1, 0.15) is 0 Å². The molecule has 5 heteroatoms. The van der Waals surface area contributed by atoms with Gasteiger partial charge in [0.25, 0.3) is 5.91 Å². The largest absolute Gasteiger partial charge is 0.444 e. The molecule has 0 fully saturated rings. The minimum atomic E-state index is -1.30. The Kier molecular flexibility index (Phi) is 4.10. The number of carbonyl (C=O) groups excluding carboxylic acids is 3. The van der Waals surface area contributed by atoms with Gasteiger partial charge in [-0.2, -0.15) is 0 Å². The van der Waals surface area contributed by atoms with Crippen LogP contribution in [0.25, 0.3) is 0 Å². The van der Waals surface area contributed by atoms with Crippen molar-refractivity contribution in [3.05, 3.63) is 0 Å². The third-order valence-electron chi connectivity index (χ3n) is 1.32. The number of ether oxygens (including phenoxy) is 1. The topological polar surface area (TPSA) is 63.7 Å². The molecule has 0 aromatic rings. The maximum atomic E-state index is 11.2. The Balaban J connectivity index is 4.52. The van der Waals surface area contributed by atoms with Crippen LogP contribution in [-0.2, 0) is 19.1 Å². The second-order valence-electron chi connectivity index (χ2n) is 2.83. The number of ketones is 1. The average molecular weight is 187 g/mol. The van der Waals surface area contributed by atoms with Gasteiger partial charge in [0.15, 0.2) is 5.78 Å². The number of hydrogen-bond donors (Lipinski definition) is 0. The molecular formula is C8H13NO4. The van der Waals surface area contributed by atoms with Crippen molar-refractivity contribution in [2.45, 2.75) is 20.0 Å². The van der Waals surface area contributed by atoms with E-state index in [1.807, 2.05) is 0 Å². The molecule has 0 radical (unpaired) electrons. The Hall–Kier alpha value is -1.39. The van der Waals surface area contributed by atoms with Crippen LogP contribution < -0.4 is 0 Å². The summed E-state index contributed by atoms with van der Waals surface area (Å²) in [5.74, 6) is -1.65. The van der Waals surface area contributed by atoms with Crippen molar-refractivity contribution in [2.75, 3.05) is 14.1 Å². The summed E-state index contributed by atoms with van der Waals surface area (Å²) < 4.78 is 4.56. The molecule has 0 N–H and O–H groups in total. The first kappa shape index (κ1) is 11.6. The van der Waals surface area contributed by atoms with Crippen LogP contribution in [0, 0.1) is 0 Å². The fourth-order valence-electron chi connectivity index (χ4n) is 0.708. The van der Waals surface area contributed by atoms with E-state index in [9.17, 15) is 14.4 Å². The average Bonchev–Trinajstić information content (AvgIpc) is 1.97. The van der Waals surface area contributed by atoms with Crippen molar-refractivity contribution in [1.29, 1.82) is 0 Å². The van der Waals surface area contributed by atoms with Crippen LogP contribution in [0.4, 0.5) is 0 Å². The van der Waals surface area contributed by atoms with E-state index in [2.05, 4.69) is 4.74 Å². The molecule has 0 aliphatic carbocycles. The lowest BCUT2D eigenvalue weighted by Gasteiger charge is -2.17. The van der Waals surface area contributed by atoms with E-state index >= 15 is 0 Å². The third-order valence-corrected chi connectivity index (χ3v) is 1.32. The molecule has 0 aromatic heterocycles. The van der Waals surface area contributed by atoms with Crippen molar-refractivity contribution >= 4 is 17.7 Å². The Labute approximate surface area is 76.7 Å². The van der Waals surface area contributed by atoms with Gasteiger partial charge in [0.2, 0.25) is 6.10 Å². The molecule has 0 aromatic carbocycles. The Morgan fingerprint density at radius 3 is 1.85 bits per heavy atom. The van der Waals surface area contributed by atoms with Gasteiger partial charge in [-0.15, -0.1) is 0 Å². The van der Waals surface area contributed by atoms with E-state index in [-0.39, 0.29) is 0 Å². The van der Waals surface area contributed by atoms with Gasteiger partial charge in [-0.05, 0) is 6.92 Å². The summed E-state index contributed by atoms with van der Waals surface area (Å²) in [4.78, 5) is 33.9. The Morgan fingerprint density at radius 1 is 1.15 bits per heavy atom. The maximum absolute atomic E-state index is 11.2. The van der Waals surface area contributed by atoms with E-state index in [4.69, 9.17) is 0 Å². The van der Waals surface area contributed by atoms with Crippen LogP contribution >= 0.6 is 0 Å². The SMILES string of the molecule is CC(=O)OC(C(C)=O)C(=O)N(C)C. The Bertz CT molecular complexity index is 234. The molecule has 0 saturated heterocycles. The lowest BCUT2D eigenvalue weighted by Crippen LogP contribution is -2.41. The number of likely N-dealkylation sites (N-methyl/N-ethyl adjacent to an activating group) is 1. The van der Waals surface area contributed by atoms with Gasteiger partial charge in [-0.25, -0.2) is 0 Å². The van der Waals surface area contributed by atoms with Gasteiger partial charge in [0, 0.05) is 21.0 Å². The standard InChI is InChI=1S/C8H13NO4/c1-5(10)7(13-6(2)11)8(12)9(3)4/h7H,1-4H3. The highest BCUT2D eigenvalue weighted by Crippen LogP contribution is 1.98. The number of amides is 1. The van der Waals surface area contributed by atoms with Crippen LogP contribution in [0.3, 0.4) is 0 Å². The van der Waals surface area contributed by atoms with Crippen molar-refractivity contribution in [3.8, 4) is 0 Å². The zero-order valence-corrected chi connectivity index (χ0v) is 8.16. The molecule has 13 heavy (non-hydrogen) atoms. The highest BCUT2D eigenvalue weighted by atomic mass is 16.5. The lowest BCUT2D eigenvalue weighted by molar-refractivity contribution is -0.161. The molecule has 1 amide bonds. The number of esters is 1. The van der Waals surface area contributed by atoms with Crippen LogP contribution in [0.1, 0.15) is 13.8 Å². The van der Waals surface area contributed by atoms with Crippen molar-refractivity contribution in [3.63, 3.8) is 0 Å². The minimum absolute atomic E-state index is 0.478. The fraction of sp³-hybridized carbons (Fsp3) is 0.625. The number of nitrogens with zero attached hydrogens (tertiary/aromatic N) is 1. The molecule has 0 aliphatic rings. The fourth-order valence-corrected chi connectivity index (χ4v) is 0.708. The molecular weight excluding hydrogens is 174 g/mol. The van der Waals surface area contributed by atoms with Gasteiger partial charge in [0.05, 0.1) is 0 Å². The van der Waals surface area contributed by atoms with Crippen molar-refractivity contribution < 1.29 is 19.1 Å². The molecule has 1 unspecified atom stereocenters. The van der Waals surface area contributed by atoms with Crippen molar-refractivity contribution in [1.82, 2.24) is 4.90 Å². The molecule has 0 heterocycles. The summed E-state index contributed by atoms with van der Waals surface area (Å²) in [5, 5.41) is 0. The molecule has 0 aliphatic heterocycles. The van der Waals surface area contributed by atoms with Crippen molar-refractivity contribution in [2.24, 2.45) is 0 Å². The smallest absolute Gasteiger partial charge is 0.303 e. The number of carbonyl (C=O) groups is 3. The summed E-state index contributed by atoms with van der Waals surface area (Å²) >= 11 is 0. The maximum Gasteiger partial charge on any atom is 0.303 e. The van der Waals surface area contributed by atoms with E-state index in [1.165, 1.54) is 25.9 Å². The van der Waals surface area contributed by atoms with Crippen LogP contribution in [0.15, 0.2) is 0 Å². The molecule has 0 spiro atoms. The van der Waals surface area contributed by atoms with Gasteiger partial charge in [-0.1, -0.05) is 0 Å². The highest BCUT2D eigenvalue weighted by molar-refractivity contribution is 6.04. The normalized spacial score (nSPS) is 11.7. The number of rotatable bonds is 3. The zero-order chi connectivity index (χ0) is 10.6. The number of hydrogen-bond acceptors (Lipinski definition) is 4. The summed E-state index contributed by atoms with van der Waals surface area (Å²) in [7, 11) is 2.98. The Morgan fingerprint density at radius 2 is 1.62 bits per heavy atom. The van der Waals surface area contributed by atoms with Crippen LogP contribution in [-0.4, -0.2) is 42.8 Å². The van der Waals surface area contributed by atoms with Crippen LogP contribution in [0.5, 0.6) is 0 Å². The minimum Gasteiger partial charge on any atom is -0.444 e. The number of Topliss-reactive ketones (excluding diaryl/α,β-unsaturated/α-hetero) is 1. The van der Waals surface area contributed by atoms with Gasteiger partial charge >= 0.3 is 5.97 Å². The predicted octanol–water partition coefficient (Wildman–Crippen LogP) is -0.405. The van der Waals surface area contributed by atoms with E-state index in [1.54, 1.807) is 0 Å². The first-order valence-electron chi connectivity index (χ1n) is 3.75. The summed E-state index contributed by atoms with van der Waals surface area (Å²) in [6.45, 7) is 2.36. The zero-order valence-electron chi connectivity index (χ0n) is 8.16. The highest BCUT2D eigenvalue weighted by Gasteiger charge is 2.27. The predicted molar refractivity (Wildman–Crippen MR) is 44.9 cm³/mol. The third kappa shape index (κ3) is 3.68. The van der Waals surface area contributed by atoms with Gasteiger partial charge in [-0.3, -0.25) is 14.4 Å². The van der Waals surface area contributed by atoms with E-state index in [0.717, 1.165) is 6.92 Å². The lowest BCUT2D eigenvalue weighted by atomic mass is 10.2. The quantitative estimate of drug-likeness (QED) is 0.445. The molecule has 5 nitrogen and oxygen atoms in total. The summed E-state index contributed by atoms with van der Waals surface area (Å²) in [6, 6.07) is 0. The van der Waals surface area contributed by atoms with Gasteiger partial charge < -0.3 is 9.64 Å². The molecule has 0 bridgehead atoms. The first-order valence-corrected chi connectivity index (χ1v) is 3.75. The molecule has 1 atom stereocenters. The second-order valence-corrected chi connectivity index (χ2v) is 2.83. The van der Waals surface area contributed by atoms with E-state index in [0.29, 0.717) is 0 Å². The first-order chi connectivity index (χ1) is 5.86. The monoisotopic (exact) mass is 187 g/mol. The molecule has 74 valence electrons. The van der Waals surface area contributed by atoms with Crippen LogP contribution in [0.2, 0.25) is 0 Å².